The molecular formula is C14H18N2O. The van der Waals surface area contributed by atoms with Gasteiger partial charge in [-0.05, 0) is 49.7 Å². The first-order valence-electron chi connectivity index (χ1n) is 5.88. The fourth-order valence-corrected chi connectivity index (χ4v) is 1.88. The molecule has 0 fully saturated rings. The number of nitrogens with zero attached hydrogens (tertiary/aromatic N) is 1. The number of rotatable bonds is 4. The molecule has 0 unspecified atom stereocenters. The standard InChI is InChI=1S/C14H18N2O/c1-3-16-8-4-5-13(16)10-15-12-6-7-14(17)11(2)9-12/h4-9,15,17H,3,10H2,1-2H3. The van der Waals surface area contributed by atoms with E-state index in [0.717, 1.165) is 24.3 Å². The van der Waals surface area contributed by atoms with Gasteiger partial charge in [-0.2, -0.15) is 0 Å². The minimum absolute atomic E-state index is 0.340. The molecule has 0 bridgehead atoms. The van der Waals surface area contributed by atoms with Gasteiger partial charge in [-0.3, -0.25) is 0 Å². The van der Waals surface area contributed by atoms with Crippen LogP contribution >= 0.6 is 0 Å². The van der Waals surface area contributed by atoms with E-state index < -0.39 is 0 Å². The minimum atomic E-state index is 0.340. The third kappa shape index (κ3) is 2.61. The Hall–Kier alpha value is -1.90. The summed E-state index contributed by atoms with van der Waals surface area (Å²) in [6, 6.07) is 9.74. The molecule has 0 aliphatic heterocycles. The van der Waals surface area contributed by atoms with Crippen LogP contribution in [-0.2, 0) is 13.1 Å². The first-order valence-corrected chi connectivity index (χ1v) is 5.88. The van der Waals surface area contributed by atoms with Crippen molar-refractivity contribution in [3.05, 3.63) is 47.8 Å². The maximum atomic E-state index is 9.45. The monoisotopic (exact) mass is 230 g/mol. The normalized spacial score (nSPS) is 10.5. The highest BCUT2D eigenvalue weighted by Crippen LogP contribution is 2.20. The van der Waals surface area contributed by atoms with Crippen molar-refractivity contribution in [3.8, 4) is 5.75 Å². The summed E-state index contributed by atoms with van der Waals surface area (Å²) >= 11 is 0. The molecule has 1 aromatic carbocycles. The Morgan fingerprint density at radius 2 is 2.12 bits per heavy atom. The molecule has 90 valence electrons. The number of anilines is 1. The summed E-state index contributed by atoms with van der Waals surface area (Å²) in [5.74, 6) is 0.340. The Kier molecular flexibility index (Phi) is 3.38. The highest BCUT2D eigenvalue weighted by Gasteiger charge is 2.00. The number of aromatic hydroxyl groups is 1. The number of benzene rings is 1. The molecule has 2 rings (SSSR count). The second kappa shape index (κ2) is 4.95. The van der Waals surface area contributed by atoms with Crippen molar-refractivity contribution in [3.63, 3.8) is 0 Å². The number of phenolic OH excluding ortho intramolecular Hbond substituents is 1. The van der Waals surface area contributed by atoms with E-state index in [-0.39, 0.29) is 0 Å². The third-order valence-corrected chi connectivity index (χ3v) is 2.93. The molecular weight excluding hydrogens is 212 g/mol. The molecule has 0 spiro atoms. The highest BCUT2D eigenvalue weighted by atomic mass is 16.3. The summed E-state index contributed by atoms with van der Waals surface area (Å²) in [6.45, 7) is 5.81. The van der Waals surface area contributed by atoms with Crippen molar-refractivity contribution in [2.24, 2.45) is 0 Å². The van der Waals surface area contributed by atoms with Crippen LogP contribution in [0.1, 0.15) is 18.2 Å². The third-order valence-electron chi connectivity index (χ3n) is 2.93. The molecule has 0 amide bonds. The van der Waals surface area contributed by atoms with Gasteiger partial charge in [0.05, 0.1) is 6.54 Å². The molecule has 1 heterocycles. The predicted molar refractivity (Wildman–Crippen MR) is 70.3 cm³/mol. The van der Waals surface area contributed by atoms with Gasteiger partial charge in [0, 0.05) is 24.1 Å². The molecule has 0 saturated heterocycles. The lowest BCUT2D eigenvalue weighted by Gasteiger charge is -2.10. The number of nitrogens with one attached hydrogen (secondary N) is 1. The van der Waals surface area contributed by atoms with Crippen LogP contribution in [0.5, 0.6) is 5.75 Å². The fraction of sp³-hybridized carbons (Fsp3) is 0.286. The molecule has 2 N–H and O–H groups in total. The largest absolute Gasteiger partial charge is 0.508 e. The molecule has 0 aliphatic rings. The van der Waals surface area contributed by atoms with Gasteiger partial charge in [0.1, 0.15) is 5.75 Å². The lowest BCUT2D eigenvalue weighted by Crippen LogP contribution is -2.05. The predicted octanol–water partition coefficient (Wildman–Crippen LogP) is 3.13. The van der Waals surface area contributed by atoms with E-state index in [1.807, 2.05) is 19.1 Å². The molecule has 1 aromatic heterocycles. The highest BCUT2D eigenvalue weighted by molar-refractivity contribution is 5.50. The van der Waals surface area contributed by atoms with Crippen molar-refractivity contribution in [2.45, 2.75) is 26.9 Å². The van der Waals surface area contributed by atoms with Crippen LogP contribution in [-0.4, -0.2) is 9.67 Å². The fourth-order valence-electron chi connectivity index (χ4n) is 1.88. The van der Waals surface area contributed by atoms with E-state index in [1.54, 1.807) is 6.07 Å². The number of hydrogen-bond acceptors (Lipinski definition) is 2. The maximum Gasteiger partial charge on any atom is 0.118 e. The van der Waals surface area contributed by atoms with Crippen molar-refractivity contribution in [2.75, 3.05) is 5.32 Å². The Morgan fingerprint density at radius 3 is 2.82 bits per heavy atom. The van der Waals surface area contributed by atoms with Gasteiger partial charge < -0.3 is 15.0 Å². The molecule has 0 atom stereocenters. The van der Waals surface area contributed by atoms with Crippen LogP contribution in [0.25, 0.3) is 0 Å². The van der Waals surface area contributed by atoms with Gasteiger partial charge in [-0.15, -0.1) is 0 Å². The van der Waals surface area contributed by atoms with E-state index in [2.05, 4.69) is 35.1 Å². The SMILES string of the molecule is CCn1cccc1CNc1ccc(O)c(C)c1. The minimum Gasteiger partial charge on any atom is -0.508 e. The van der Waals surface area contributed by atoms with Gasteiger partial charge in [0.25, 0.3) is 0 Å². The molecule has 2 aromatic rings. The summed E-state index contributed by atoms with van der Waals surface area (Å²) in [5, 5.41) is 12.8. The maximum absolute atomic E-state index is 9.45. The number of aryl methyl sites for hydroxylation is 2. The van der Waals surface area contributed by atoms with Crippen molar-refractivity contribution in [1.29, 1.82) is 0 Å². The van der Waals surface area contributed by atoms with Gasteiger partial charge in [0.15, 0.2) is 0 Å². The first-order chi connectivity index (χ1) is 8.20. The summed E-state index contributed by atoms with van der Waals surface area (Å²) in [6.07, 6.45) is 2.08. The van der Waals surface area contributed by atoms with Crippen LogP contribution in [0.4, 0.5) is 5.69 Å². The second-order valence-electron chi connectivity index (χ2n) is 4.14. The molecule has 3 heteroatoms. The van der Waals surface area contributed by atoms with Crippen LogP contribution in [0.15, 0.2) is 36.5 Å². The average Bonchev–Trinajstić information content (AvgIpc) is 2.78. The molecule has 0 aliphatic carbocycles. The zero-order valence-electron chi connectivity index (χ0n) is 10.3. The Bertz CT molecular complexity index is 503. The van der Waals surface area contributed by atoms with Crippen molar-refractivity contribution >= 4 is 5.69 Å². The van der Waals surface area contributed by atoms with E-state index in [0.29, 0.717) is 5.75 Å². The van der Waals surface area contributed by atoms with Crippen LogP contribution in [0.2, 0.25) is 0 Å². The quantitative estimate of drug-likeness (QED) is 0.792. The van der Waals surface area contributed by atoms with Crippen molar-refractivity contribution in [1.82, 2.24) is 4.57 Å². The molecule has 0 radical (unpaired) electrons. The number of hydrogen-bond donors (Lipinski definition) is 2. The lowest BCUT2D eigenvalue weighted by atomic mass is 10.2. The van der Waals surface area contributed by atoms with Crippen LogP contribution in [0, 0.1) is 6.92 Å². The van der Waals surface area contributed by atoms with Gasteiger partial charge in [-0.1, -0.05) is 0 Å². The van der Waals surface area contributed by atoms with Crippen molar-refractivity contribution < 1.29 is 5.11 Å². The second-order valence-corrected chi connectivity index (χ2v) is 4.14. The smallest absolute Gasteiger partial charge is 0.118 e. The number of aromatic nitrogens is 1. The summed E-state index contributed by atoms with van der Waals surface area (Å²) in [4.78, 5) is 0. The Morgan fingerprint density at radius 1 is 1.29 bits per heavy atom. The topological polar surface area (TPSA) is 37.2 Å². The Labute approximate surface area is 102 Å². The molecule has 17 heavy (non-hydrogen) atoms. The van der Waals surface area contributed by atoms with Gasteiger partial charge in [0.2, 0.25) is 0 Å². The Balaban J connectivity index is 2.05. The van der Waals surface area contributed by atoms with Crippen LogP contribution in [0.3, 0.4) is 0 Å². The van der Waals surface area contributed by atoms with Gasteiger partial charge in [-0.25, -0.2) is 0 Å². The van der Waals surface area contributed by atoms with E-state index >= 15 is 0 Å². The average molecular weight is 230 g/mol. The van der Waals surface area contributed by atoms with E-state index in [1.165, 1.54) is 5.69 Å². The van der Waals surface area contributed by atoms with E-state index in [4.69, 9.17) is 0 Å². The zero-order chi connectivity index (χ0) is 12.3. The molecule has 3 nitrogen and oxygen atoms in total. The van der Waals surface area contributed by atoms with Gasteiger partial charge >= 0.3 is 0 Å². The first kappa shape index (κ1) is 11.6. The molecule has 0 saturated carbocycles. The lowest BCUT2D eigenvalue weighted by molar-refractivity contribution is 0.471. The zero-order valence-corrected chi connectivity index (χ0v) is 10.3. The summed E-state index contributed by atoms with van der Waals surface area (Å²) in [5.41, 5.74) is 3.18. The van der Waals surface area contributed by atoms with E-state index in [9.17, 15) is 5.11 Å². The number of phenols is 1. The van der Waals surface area contributed by atoms with Crippen LogP contribution < -0.4 is 5.32 Å². The summed E-state index contributed by atoms with van der Waals surface area (Å²) in [7, 11) is 0. The summed E-state index contributed by atoms with van der Waals surface area (Å²) < 4.78 is 2.21.